The Morgan fingerprint density at radius 1 is 1.12 bits per heavy atom. The zero-order chi connectivity index (χ0) is 18.6. The number of anilines is 1. The molecule has 1 atom stereocenters. The van der Waals surface area contributed by atoms with Gasteiger partial charge < -0.3 is 0 Å². The monoisotopic (exact) mass is 371 g/mol. The Morgan fingerprint density at radius 2 is 1.88 bits per heavy atom. The average molecular weight is 371 g/mol. The lowest BCUT2D eigenvalue weighted by Crippen LogP contribution is -2.27. The van der Waals surface area contributed by atoms with Gasteiger partial charge in [-0.15, -0.1) is 0 Å². The third kappa shape index (κ3) is 4.13. The van der Waals surface area contributed by atoms with Crippen LogP contribution in [0.4, 0.5) is 5.95 Å². The van der Waals surface area contributed by atoms with Gasteiger partial charge in [0.15, 0.2) is 0 Å². The number of nitrogens with one attached hydrogen (secondary N) is 3. The van der Waals surface area contributed by atoms with Crippen LogP contribution in [0.5, 0.6) is 0 Å². The fourth-order valence-electron chi connectivity index (χ4n) is 2.36. The Balaban J connectivity index is 1.79. The molecule has 1 amide bonds. The van der Waals surface area contributed by atoms with Crippen LogP contribution in [0.3, 0.4) is 0 Å². The lowest BCUT2D eigenvalue weighted by atomic mass is 10.1. The highest BCUT2D eigenvalue weighted by Crippen LogP contribution is 2.18. The van der Waals surface area contributed by atoms with Gasteiger partial charge in [0, 0.05) is 11.6 Å². The molecule has 9 heteroatoms. The highest BCUT2D eigenvalue weighted by molar-refractivity contribution is 7.89. The average Bonchev–Trinajstić information content (AvgIpc) is 3.15. The maximum Gasteiger partial charge on any atom is 0.258 e. The van der Waals surface area contributed by atoms with E-state index < -0.39 is 22.0 Å². The molecular weight excluding hydrogens is 354 g/mol. The van der Waals surface area contributed by atoms with Crippen molar-refractivity contribution in [2.75, 3.05) is 5.32 Å². The molecule has 0 radical (unpaired) electrons. The van der Waals surface area contributed by atoms with Crippen molar-refractivity contribution < 1.29 is 13.2 Å². The molecule has 8 nitrogen and oxygen atoms in total. The second-order valence-electron chi connectivity index (χ2n) is 5.57. The van der Waals surface area contributed by atoms with E-state index in [1.807, 2.05) is 30.3 Å². The number of carbonyl (C=O) groups is 1. The van der Waals surface area contributed by atoms with Crippen molar-refractivity contribution in [3.8, 4) is 0 Å². The number of aromatic nitrogens is 3. The van der Waals surface area contributed by atoms with Crippen molar-refractivity contribution in [1.29, 1.82) is 0 Å². The largest absolute Gasteiger partial charge is 0.291 e. The number of benzene rings is 2. The van der Waals surface area contributed by atoms with Gasteiger partial charge in [0.25, 0.3) is 5.91 Å². The molecule has 3 N–H and O–H groups in total. The molecule has 2 aromatic carbocycles. The van der Waals surface area contributed by atoms with Gasteiger partial charge in [0.2, 0.25) is 16.0 Å². The lowest BCUT2D eigenvalue weighted by Gasteiger charge is -2.15. The van der Waals surface area contributed by atoms with Crippen LogP contribution < -0.4 is 10.0 Å². The summed E-state index contributed by atoms with van der Waals surface area (Å²) in [4.78, 5) is 16.0. The topological polar surface area (TPSA) is 117 Å². The minimum Gasteiger partial charge on any atom is -0.291 e. The quantitative estimate of drug-likeness (QED) is 0.613. The number of rotatable bonds is 6. The first-order valence-electron chi connectivity index (χ1n) is 7.80. The normalized spacial score (nSPS) is 12.5. The number of hydrogen-bond acceptors (Lipinski definition) is 5. The molecule has 0 spiro atoms. The Morgan fingerprint density at radius 3 is 2.58 bits per heavy atom. The first-order valence-corrected chi connectivity index (χ1v) is 9.28. The van der Waals surface area contributed by atoms with E-state index in [2.05, 4.69) is 25.2 Å². The van der Waals surface area contributed by atoms with Gasteiger partial charge in [-0.1, -0.05) is 36.4 Å². The number of amides is 1. The van der Waals surface area contributed by atoms with Gasteiger partial charge >= 0.3 is 0 Å². The maximum atomic E-state index is 12.6. The molecule has 0 saturated carbocycles. The summed E-state index contributed by atoms with van der Waals surface area (Å²) in [6, 6.07) is 14.6. The van der Waals surface area contributed by atoms with Crippen LogP contribution >= 0.6 is 0 Å². The van der Waals surface area contributed by atoms with E-state index in [0.29, 0.717) is 0 Å². The summed E-state index contributed by atoms with van der Waals surface area (Å²) in [7, 11) is -3.79. The molecule has 26 heavy (non-hydrogen) atoms. The predicted molar refractivity (Wildman–Crippen MR) is 96.0 cm³/mol. The lowest BCUT2D eigenvalue weighted by molar-refractivity contribution is 0.102. The number of sulfonamides is 1. The van der Waals surface area contributed by atoms with Crippen molar-refractivity contribution in [2.24, 2.45) is 0 Å². The summed E-state index contributed by atoms with van der Waals surface area (Å²) >= 11 is 0. The first kappa shape index (κ1) is 17.8. The molecule has 0 fully saturated rings. The SMILES string of the molecule is CC(NS(=O)(=O)c1cccc(C(=O)Nc2ncn[nH]2)c1)c1ccccc1. The van der Waals surface area contributed by atoms with Crippen molar-refractivity contribution >= 4 is 21.9 Å². The van der Waals surface area contributed by atoms with Crippen LogP contribution in [0.15, 0.2) is 65.8 Å². The van der Waals surface area contributed by atoms with E-state index in [1.54, 1.807) is 6.92 Å². The highest BCUT2D eigenvalue weighted by Gasteiger charge is 2.20. The van der Waals surface area contributed by atoms with Crippen molar-refractivity contribution in [2.45, 2.75) is 17.9 Å². The number of nitrogens with zero attached hydrogens (tertiary/aromatic N) is 2. The number of aromatic amines is 1. The summed E-state index contributed by atoms with van der Waals surface area (Å²) in [5.41, 5.74) is 1.03. The standard InChI is InChI=1S/C17H17N5O3S/c1-12(13-6-3-2-4-7-13)22-26(24,25)15-9-5-8-14(10-15)16(23)20-17-18-11-19-21-17/h2-12,22H,1H3,(H2,18,19,20,21,23). The molecule has 1 aromatic heterocycles. The van der Waals surface area contributed by atoms with Crippen molar-refractivity contribution in [3.63, 3.8) is 0 Å². The molecule has 134 valence electrons. The molecule has 0 aliphatic rings. The summed E-state index contributed by atoms with van der Waals surface area (Å²) in [6.07, 6.45) is 1.26. The number of hydrogen-bond donors (Lipinski definition) is 3. The summed E-state index contributed by atoms with van der Waals surface area (Å²) in [6.45, 7) is 1.76. The Hall–Kier alpha value is -3.04. The molecule has 0 bridgehead atoms. The minimum absolute atomic E-state index is 0.00509. The van der Waals surface area contributed by atoms with E-state index in [1.165, 1.54) is 30.6 Å². The number of carbonyl (C=O) groups excluding carboxylic acids is 1. The predicted octanol–water partition coefficient (Wildman–Crippen LogP) is 2.10. The number of H-pyrrole nitrogens is 1. The Labute approximate surface area is 150 Å². The van der Waals surface area contributed by atoms with Gasteiger partial charge in [0.1, 0.15) is 6.33 Å². The minimum atomic E-state index is -3.79. The highest BCUT2D eigenvalue weighted by atomic mass is 32.2. The van der Waals surface area contributed by atoms with Crippen molar-refractivity contribution in [1.82, 2.24) is 19.9 Å². The van der Waals surface area contributed by atoms with Crippen LogP contribution in [-0.4, -0.2) is 29.5 Å². The third-order valence-electron chi connectivity index (χ3n) is 3.68. The van der Waals surface area contributed by atoms with Crippen LogP contribution in [0.2, 0.25) is 0 Å². The molecule has 0 aliphatic heterocycles. The fraction of sp³-hybridized carbons (Fsp3) is 0.118. The summed E-state index contributed by atoms with van der Waals surface area (Å²) in [5, 5.41) is 8.63. The van der Waals surface area contributed by atoms with Crippen LogP contribution in [-0.2, 0) is 10.0 Å². The Bertz CT molecular complexity index is 988. The van der Waals surface area contributed by atoms with Gasteiger partial charge in [-0.2, -0.15) is 10.1 Å². The Kier molecular flexibility index (Phi) is 5.10. The first-order chi connectivity index (χ1) is 12.5. The smallest absolute Gasteiger partial charge is 0.258 e. The summed E-state index contributed by atoms with van der Waals surface area (Å²) in [5.74, 6) is -0.311. The van der Waals surface area contributed by atoms with E-state index in [0.717, 1.165) is 5.56 Å². The fourth-order valence-corrected chi connectivity index (χ4v) is 3.64. The van der Waals surface area contributed by atoms with Gasteiger partial charge in [-0.3, -0.25) is 10.1 Å². The zero-order valence-electron chi connectivity index (χ0n) is 13.9. The van der Waals surface area contributed by atoms with E-state index in [9.17, 15) is 13.2 Å². The molecule has 0 saturated heterocycles. The molecule has 3 aromatic rings. The van der Waals surface area contributed by atoms with Crippen LogP contribution in [0.1, 0.15) is 28.9 Å². The van der Waals surface area contributed by atoms with Gasteiger partial charge in [-0.05, 0) is 30.7 Å². The van der Waals surface area contributed by atoms with Gasteiger partial charge in [0.05, 0.1) is 4.90 Å². The van der Waals surface area contributed by atoms with E-state index in [4.69, 9.17) is 0 Å². The summed E-state index contributed by atoms with van der Waals surface area (Å²) < 4.78 is 27.9. The van der Waals surface area contributed by atoms with Crippen molar-refractivity contribution in [3.05, 3.63) is 72.1 Å². The van der Waals surface area contributed by atoms with Crippen LogP contribution in [0.25, 0.3) is 0 Å². The van der Waals surface area contributed by atoms with E-state index >= 15 is 0 Å². The molecular formula is C17H17N5O3S. The molecule has 3 rings (SSSR count). The second kappa shape index (κ2) is 7.46. The van der Waals surface area contributed by atoms with Crippen LogP contribution in [0, 0.1) is 0 Å². The maximum absolute atomic E-state index is 12.6. The molecule has 1 heterocycles. The zero-order valence-corrected chi connectivity index (χ0v) is 14.7. The van der Waals surface area contributed by atoms with Gasteiger partial charge in [-0.25, -0.2) is 18.2 Å². The molecule has 0 aliphatic carbocycles. The molecule has 1 unspecified atom stereocenters. The second-order valence-corrected chi connectivity index (χ2v) is 7.28. The van der Waals surface area contributed by atoms with E-state index in [-0.39, 0.29) is 16.4 Å². The third-order valence-corrected chi connectivity index (χ3v) is 5.22.